The Hall–Kier alpha value is -1.59. The maximum Gasteiger partial charge on any atom is 0.125 e. The van der Waals surface area contributed by atoms with Gasteiger partial charge in [-0.3, -0.25) is 5.41 Å². The van der Waals surface area contributed by atoms with Crippen molar-refractivity contribution in [2.75, 3.05) is 13.4 Å². The Kier molecular flexibility index (Phi) is 4.98. The van der Waals surface area contributed by atoms with E-state index in [-0.39, 0.29) is 5.84 Å². The second-order valence-electron chi connectivity index (χ2n) is 4.03. The van der Waals surface area contributed by atoms with Gasteiger partial charge in [0.25, 0.3) is 0 Å². The van der Waals surface area contributed by atoms with Crippen LogP contribution in [0, 0.1) is 5.41 Å². The number of hydrogen-bond acceptors (Lipinski definition) is 4. The van der Waals surface area contributed by atoms with Crippen LogP contribution >= 0.6 is 23.5 Å². The van der Waals surface area contributed by atoms with Crippen molar-refractivity contribution in [1.29, 1.82) is 5.41 Å². The minimum atomic E-state index is 0.0975. The van der Waals surface area contributed by atoms with Crippen LogP contribution in [0.15, 0.2) is 57.2 Å². The van der Waals surface area contributed by atoms with E-state index in [4.69, 9.17) is 15.9 Å². The van der Waals surface area contributed by atoms with Crippen LogP contribution < -0.4 is 10.5 Å². The summed E-state index contributed by atoms with van der Waals surface area (Å²) in [6, 6.07) is 13.8. The molecule has 0 atom stereocenters. The number of rotatable bonds is 5. The highest BCUT2D eigenvalue weighted by Crippen LogP contribution is 2.35. The highest BCUT2D eigenvalue weighted by molar-refractivity contribution is 8.00. The molecule has 0 unspecified atom stereocenters. The van der Waals surface area contributed by atoms with Gasteiger partial charge in [-0.2, -0.15) is 0 Å². The van der Waals surface area contributed by atoms with Crippen molar-refractivity contribution in [2.24, 2.45) is 5.73 Å². The lowest BCUT2D eigenvalue weighted by molar-refractivity contribution is 0.413. The largest absolute Gasteiger partial charge is 0.497 e. The number of benzene rings is 2. The molecule has 0 aromatic heterocycles. The number of amidine groups is 1. The molecule has 0 heterocycles. The van der Waals surface area contributed by atoms with E-state index in [0.717, 1.165) is 26.0 Å². The SMILES string of the molecule is COc1cccc(Sc2cccc(SC)c2C(=N)N)c1. The Bertz CT molecular complexity index is 629. The van der Waals surface area contributed by atoms with Gasteiger partial charge < -0.3 is 10.5 Å². The van der Waals surface area contributed by atoms with Crippen LogP contribution in [0.2, 0.25) is 0 Å². The van der Waals surface area contributed by atoms with E-state index in [1.54, 1.807) is 30.6 Å². The van der Waals surface area contributed by atoms with Crippen molar-refractivity contribution in [2.45, 2.75) is 14.7 Å². The molecule has 0 spiro atoms. The number of methoxy groups -OCH3 is 1. The van der Waals surface area contributed by atoms with Crippen LogP contribution in [0.3, 0.4) is 0 Å². The van der Waals surface area contributed by atoms with E-state index in [9.17, 15) is 0 Å². The average molecular weight is 304 g/mol. The zero-order chi connectivity index (χ0) is 14.5. The maximum absolute atomic E-state index is 7.79. The summed E-state index contributed by atoms with van der Waals surface area (Å²) in [6.45, 7) is 0. The van der Waals surface area contributed by atoms with Gasteiger partial charge in [0.1, 0.15) is 11.6 Å². The molecule has 2 rings (SSSR count). The number of thioether (sulfide) groups is 1. The molecule has 3 nitrogen and oxygen atoms in total. The predicted molar refractivity (Wildman–Crippen MR) is 86.4 cm³/mol. The third-order valence-corrected chi connectivity index (χ3v) is 4.58. The number of nitrogens with one attached hydrogen (secondary N) is 1. The first kappa shape index (κ1) is 14.8. The second kappa shape index (κ2) is 6.72. The van der Waals surface area contributed by atoms with Crippen molar-refractivity contribution in [3.05, 3.63) is 48.0 Å². The average Bonchev–Trinajstić information content (AvgIpc) is 2.46. The molecule has 2 aromatic rings. The lowest BCUT2D eigenvalue weighted by atomic mass is 10.2. The fraction of sp³-hybridized carbons (Fsp3) is 0.133. The summed E-state index contributed by atoms with van der Waals surface area (Å²) < 4.78 is 5.23. The fourth-order valence-corrected chi connectivity index (χ4v) is 3.57. The standard InChI is InChI=1S/C15H16N2OS2/c1-18-10-5-3-6-11(9-10)20-13-8-4-7-12(19-2)14(13)15(16)17/h3-9H,1-2H3,(H3,16,17). The van der Waals surface area contributed by atoms with E-state index in [2.05, 4.69) is 0 Å². The third kappa shape index (κ3) is 3.29. The fourth-order valence-electron chi connectivity index (χ4n) is 1.82. The topological polar surface area (TPSA) is 59.1 Å². The third-order valence-electron chi connectivity index (χ3n) is 2.75. The molecule has 2 aromatic carbocycles. The van der Waals surface area contributed by atoms with E-state index in [0.29, 0.717) is 0 Å². The van der Waals surface area contributed by atoms with Gasteiger partial charge in [0, 0.05) is 20.2 Å². The zero-order valence-corrected chi connectivity index (χ0v) is 13.0. The summed E-state index contributed by atoms with van der Waals surface area (Å²) in [4.78, 5) is 3.06. The number of nitrogen functional groups attached to an aromatic ring is 1. The van der Waals surface area contributed by atoms with Crippen molar-refractivity contribution < 1.29 is 4.74 Å². The van der Waals surface area contributed by atoms with E-state index in [1.165, 1.54) is 0 Å². The monoisotopic (exact) mass is 304 g/mol. The van der Waals surface area contributed by atoms with Crippen LogP contribution in [0.25, 0.3) is 0 Å². The van der Waals surface area contributed by atoms with Crippen molar-refractivity contribution >= 4 is 29.4 Å². The molecular weight excluding hydrogens is 288 g/mol. The summed E-state index contributed by atoms with van der Waals surface area (Å²) in [5.74, 6) is 0.917. The Balaban J connectivity index is 2.40. The van der Waals surface area contributed by atoms with Crippen molar-refractivity contribution in [3.63, 3.8) is 0 Å². The first-order valence-corrected chi connectivity index (χ1v) is 8.03. The lowest BCUT2D eigenvalue weighted by Crippen LogP contribution is -2.13. The van der Waals surface area contributed by atoms with Crippen molar-refractivity contribution in [1.82, 2.24) is 0 Å². The molecular formula is C15H16N2OS2. The van der Waals surface area contributed by atoms with Crippen molar-refractivity contribution in [3.8, 4) is 5.75 Å². The number of hydrogen-bond donors (Lipinski definition) is 2. The van der Waals surface area contributed by atoms with Gasteiger partial charge in [-0.1, -0.05) is 23.9 Å². The van der Waals surface area contributed by atoms with E-state index >= 15 is 0 Å². The van der Waals surface area contributed by atoms with Gasteiger partial charge in [0.05, 0.1) is 7.11 Å². The summed E-state index contributed by atoms with van der Waals surface area (Å²) in [7, 11) is 1.65. The molecule has 0 saturated heterocycles. The molecule has 3 N–H and O–H groups in total. The van der Waals surface area contributed by atoms with Crippen LogP contribution in [0.5, 0.6) is 5.75 Å². The first-order chi connectivity index (χ1) is 9.65. The van der Waals surface area contributed by atoms with Gasteiger partial charge in [0.2, 0.25) is 0 Å². The van der Waals surface area contributed by atoms with Crippen LogP contribution in [-0.4, -0.2) is 19.2 Å². The number of nitrogens with two attached hydrogens (primary N) is 1. The Morgan fingerprint density at radius 1 is 1.15 bits per heavy atom. The molecule has 0 aliphatic heterocycles. The van der Waals surface area contributed by atoms with Gasteiger partial charge in [-0.15, -0.1) is 11.8 Å². The maximum atomic E-state index is 7.79. The van der Waals surface area contributed by atoms with E-state index in [1.807, 2.05) is 48.7 Å². The van der Waals surface area contributed by atoms with E-state index < -0.39 is 0 Å². The number of ether oxygens (including phenoxy) is 1. The molecule has 0 fully saturated rings. The smallest absolute Gasteiger partial charge is 0.125 e. The normalized spacial score (nSPS) is 10.3. The van der Waals surface area contributed by atoms with Gasteiger partial charge in [-0.05, 0) is 36.6 Å². The molecule has 0 aliphatic rings. The molecule has 0 aliphatic carbocycles. The molecule has 20 heavy (non-hydrogen) atoms. The minimum absolute atomic E-state index is 0.0975. The Labute approximate surface area is 127 Å². The summed E-state index contributed by atoms with van der Waals surface area (Å²) in [5.41, 5.74) is 6.53. The van der Waals surface area contributed by atoms with Crippen LogP contribution in [-0.2, 0) is 0 Å². The minimum Gasteiger partial charge on any atom is -0.497 e. The Morgan fingerprint density at radius 3 is 2.50 bits per heavy atom. The van der Waals surface area contributed by atoms with Gasteiger partial charge in [-0.25, -0.2) is 0 Å². The Morgan fingerprint density at radius 2 is 1.85 bits per heavy atom. The highest BCUT2D eigenvalue weighted by atomic mass is 32.2. The van der Waals surface area contributed by atoms with Crippen LogP contribution in [0.1, 0.15) is 5.56 Å². The molecule has 0 radical (unpaired) electrons. The van der Waals surface area contributed by atoms with Crippen LogP contribution in [0.4, 0.5) is 0 Å². The highest BCUT2D eigenvalue weighted by Gasteiger charge is 2.12. The summed E-state index contributed by atoms with van der Waals surface area (Å²) in [5, 5.41) is 7.79. The first-order valence-electron chi connectivity index (χ1n) is 5.99. The summed E-state index contributed by atoms with van der Waals surface area (Å²) >= 11 is 3.18. The molecule has 0 saturated carbocycles. The summed E-state index contributed by atoms with van der Waals surface area (Å²) in [6.07, 6.45) is 1.99. The molecule has 0 amide bonds. The van der Waals surface area contributed by atoms with Gasteiger partial charge in [0.15, 0.2) is 0 Å². The zero-order valence-electron chi connectivity index (χ0n) is 11.3. The molecule has 104 valence electrons. The quantitative estimate of drug-likeness (QED) is 0.500. The second-order valence-corrected chi connectivity index (χ2v) is 5.99. The molecule has 5 heteroatoms. The molecule has 0 bridgehead atoms. The predicted octanol–water partition coefficient (Wildman–Crippen LogP) is 3.85. The van der Waals surface area contributed by atoms with Gasteiger partial charge >= 0.3 is 0 Å². The lowest BCUT2D eigenvalue weighted by Gasteiger charge is -2.12.